The molecule has 0 radical (unpaired) electrons. The quantitative estimate of drug-likeness (QED) is 0.468. The van der Waals surface area contributed by atoms with Crippen LogP contribution in [0.3, 0.4) is 0 Å². The van der Waals surface area contributed by atoms with Crippen molar-refractivity contribution in [2.24, 2.45) is 0 Å². The summed E-state index contributed by atoms with van der Waals surface area (Å²) in [6.07, 6.45) is -3.28. The molecule has 0 spiro atoms. The summed E-state index contributed by atoms with van der Waals surface area (Å²) in [6.45, 7) is 1.45. The maximum absolute atomic E-state index is 13.6. The molecule has 0 N–H and O–H groups in total. The van der Waals surface area contributed by atoms with Crippen LogP contribution in [0, 0.1) is 0 Å². The number of hydrogen-bond donors (Lipinski definition) is 0. The lowest BCUT2D eigenvalue weighted by molar-refractivity contribution is -0.143. The third-order valence-electron chi connectivity index (χ3n) is 3.71. The summed E-state index contributed by atoms with van der Waals surface area (Å²) >= 11 is 1.30. The van der Waals surface area contributed by atoms with Crippen LogP contribution in [0.5, 0.6) is 0 Å². The number of aromatic nitrogens is 2. The minimum absolute atomic E-state index is 0.0519. The van der Waals surface area contributed by atoms with Crippen LogP contribution in [-0.2, 0) is 10.9 Å². The van der Waals surface area contributed by atoms with Gasteiger partial charge in [-0.15, -0.1) is 11.3 Å². The molecule has 0 aliphatic rings. The highest BCUT2D eigenvalue weighted by Gasteiger charge is 2.41. The fourth-order valence-corrected chi connectivity index (χ4v) is 3.47. The predicted octanol–water partition coefficient (Wildman–Crippen LogP) is 4.61. The summed E-state index contributed by atoms with van der Waals surface area (Å²) in [5.74, 6) is -1.09. The number of rotatable bonds is 5. The van der Waals surface area contributed by atoms with Crippen LogP contribution in [0.4, 0.5) is 13.2 Å². The van der Waals surface area contributed by atoms with Gasteiger partial charge in [-0.3, -0.25) is 4.79 Å². The number of hydrogen-bond acceptors (Lipinski definition) is 5. The Morgan fingerprint density at radius 3 is 2.78 bits per heavy atom. The minimum Gasteiger partial charge on any atom is -0.462 e. The number of ether oxygens (including phenoxy) is 1. The fraction of sp³-hybridized carbons (Fsp3) is 0.167. The van der Waals surface area contributed by atoms with E-state index >= 15 is 0 Å². The van der Waals surface area contributed by atoms with Crippen molar-refractivity contribution in [1.29, 1.82) is 0 Å². The van der Waals surface area contributed by atoms with Crippen LogP contribution in [-0.4, -0.2) is 28.6 Å². The Kier molecular flexibility index (Phi) is 5.13. The Morgan fingerprint density at radius 1 is 1.33 bits per heavy atom. The van der Waals surface area contributed by atoms with Crippen molar-refractivity contribution in [3.8, 4) is 16.1 Å². The van der Waals surface area contributed by atoms with Gasteiger partial charge >= 0.3 is 12.1 Å². The van der Waals surface area contributed by atoms with Gasteiger partial charge in [0, 0.05) is 10.4 Å². The van der Waals surface area contributed by atoms with Crippen LogP contribution in [0.25, 0.3) is 16.1 Å². The summed E-state index contributed by atoms with van der Waals surface area (Å²) in [5, 5.41) is 5.47. The zero-order chi connectivity index (χ0) is 19.6. The zero-order valence-electron chi connectivity index (χ0n) is 14.0. The number of halogens is 3. The molecular formula is C18H13F3N2O3S. The number of alkyl halides is 3. The molecule has 9 heteroatoms. The molecule has 0 amide bonds. The van der Waals surface area contributed by atoms with E-state index < -0.39 is 23.4 Å². The van der Waals surface area contributed by atoms with Crippen molar-refractivity contribution >= 4 is 23.6 Å². The molecule has 1 aromatic carbocycles. The molecule has 3 aromatic rings. The van der Waals surface area contributed by atoms with Gasteiger partial charge in [-0.25, -0.2) is 9.48 Å². The first kappa shape index (κ1) is 18.8. The number of carbonyl (C=O) groups excluding carboxylic acids is 2. The molecule has 27 heavy (non-hydrogen) atoms. The van der Waals surface area contributed by atoms with Crippen molar-refractivity contribution in [2.75, 3.05) is 6.61 Å². The van der Waals surface area contributed by atoms with Gasteiger partial charge in [-0.2, -0.15) is 18.3 Å². The van der Waals surface area contributed by atoms with Crippen LogP contribution >= 0.6 is 11.3 Å². The van der Waals surface area contributed by atoms with Gasteiger partial charge < -0.3 is 4.74 Å². The fourth-order valence-electron chi connectivity index (χ4n) is 2.60. The maximum atomic E-state index is 13.6. The summed E-state index contributed by atoms with van der Waals surface area (Å²) < 4.78 is 46.2. The Labute approximate surface area is 156 Å². The third-order valence-corrected chi connectivity index (χ3v) is 4.69. The molecule has 2 heterocycles. The summed E-state index contributed by atoms with van der Waals surface area (Å²) in [5.41, 5.74) is -0.730. The van der Waals surface area contributed by atoms with E-state index in [4.69, 9.17) is 4.74 Å². The van der Waals surface area contributed by atoms with Crippen LogP contribution in [0.1, 0.15) is 33.3 Å². The molecule has 0 saturated heterocycles. The monoisotopic (exact) mass is 394 g/mol. The normalized spacial score (nSPS) is 11.4. The standard InChI is InChI=1S/C18H13F3N2O3S/c1-2-26-17(25)14-9-22-23(16(14)18(19,20)21)13-5-3-4-11(8-13)15-12(10-24)6-7-27-15/h3-10H,2H2,1H3. The average Bonchev–Trinajstić information content (AvgIpc) is 3.28. The van der Waals surface area contributed by atoms with Gasteiger partial charge in [0.1, 0.15) is 5.56 Å². The molecule has 140 valence electrons. The highest BCUT2D eigenvalue weighted by molar-refractivity contribution is 7.14. The van der Waals surface area contributed by atoms with Crippen molar-refractivity contribution in [1.82, 2.24) is 9.78 Å². The zero-order valence-corrected chi connectivity index (χ0v) is 14.8. The number of nitrogens with zero attached hydrogens (tertiary/aromatic N) is 2. The van der Waals surface area contributed by atoms with Gasteiger partial charge in [-0.05, 0) is 36.1 Å². The largest absolute Gasteiger partial charge is 0.462 e. The highest BCUT2D eigenvalue weighted by atomic mass is 32.1. The number of esters is 1. The average molecular weight is 394 g/mol. The minimum atomic E-state index is -4.81. The van der Waals surface area contributed by atoms with Crippen molar-refractivity contribution in [3.05, 3.63) is 58.7 Å². The first-order valence-electron chi connectivity index (χ1n) is 7.82. The second-order valence-electron chi connectivity index (χ2n) is 5.41. The second kappa shape index (κ2) is 7.36. The summed E-state index contributed by atoms with van der Waals surface area (Å²) in [6, 6.07) is 7.80. The van der Waals surface area contributed by atoms with E-state index in [1.54, 1.807) is 23.6 Å². The Balaban J connectivity index is 2.13. The van der Waals surface area contributed by atoms with E-state index in [0.717, 1.165) is 6.20 Å². The van der Waals surface area contributed by atoms with Crippen molar-refractivity contribution in [3.63, 3.8) is 0 Å². The molecule has 0 saturated carbocycles. The Morgan fingerprint density at radius 2 is 2.11 bits per heavy atom. The first-order valence-corrected chi connectivity index (χ1v) is 8.70. The van der Waals surface area contributed by atoms with E-state index in [0.29, 0.717) is 27.0 Å². The second-order valence-corrected chi connectivity index (χ2v) is 6.33. The van der Waals surface area contributed by atoms with Gasteiger partial charge in [0.2, 0.25) is 0 Å². The Hall–Kier alpha value is -2.94. The Bertz CT molecular complexity index is 992. The van der Waals surface area contributed by atoms with Gasteiger partial charge in [0.05, 0.1) is 18.5 Å². The molecule has 0 atom stereocenters. The number of carbonyl (C=O) groups is 2. The maximum Gasteiger partial charge on any atom is 0.434 e. The van der Waals surface area contributed by atoms with Gasteiger partial charge in [0.15, 0.2) is 12.0 Å². The van der Waals surface area contributed by atoms with E-state index in [1.165, 1.54) is 30.4 Å². The molecule has 5 nitrogen and oxygen atoms in total. The third kappa shape index (κ3) is 3.63. The summed E-state index contributed by atoms with van der Waals surface area (Å²) in [4.78, 5) is 23.6. The van der Waals surface area contributed by atoms with E-state index in [-0.39, 0.29) is 12.3 Å². The van der Waals surface area contributed by atoms with Gasteiger partial charge in [-0.1, -0.05) is 12.1 Å². The molecule has 0 bridgehead atoms. The van der Waals surface area contributed by atoms with Crippen LogP contribution in [0.15, 0.2) is 41.9 Å². The smallest absolute Gasteiger partial charge is 0.434 e. The molecular weight excluding hydrogens is 381 g/mol. The topological polar surface area (TPSA) is 61.2 Å². The van der Waals surface area contributed by atoms with E-state index in [1.807, 2.05) is 0 Å². The van der Waals surface area contributed by atoms with Crippen molar-refractivity contribution < 1.29 is 27.5 Å². The van der Waals surface area contributed by atoms with Gasteiger partial charge in [0.25, 0.3) is 0 Å². The molecule has 0 aliphatic heterocycles. The SMILES string of the molecule is CCOC(=O)c1cnn(-c2cccc(-c3sccc3C=O)c2)c1C(F)(F)F. The molecule has 2 aromatic heterocycles. The lowest BCUT2D eigenvalue weighted by Gasteiger charge is -2.13. The van der Waals surface area contributed by atoms with Crippen LogP contribution in [0.2, 0.25) is 0 Å². The first-order chi connectivity index (χ1) is 12.9. The molecule has 0 fully saturated rings. The summed E-state index contributed by atoms with van der Waals surface area (Å²) in [7, 11) is 0. The van der Waals surface area contributed by atoms with Crippen LogP contribution < -0.4 is 0 Å². The number of aldehydes is 1. The predicted molar refractivity (Wildman–Crippen MR) is 93.2 cm³/mol. The van der Waals surface area contributed by atoms with Crippen molar-refractivity contribution in [2.45, 2.75) is 13.1 Å². The molecule has 3 rings (SSSR count). The lowest BCUT2D eigenvalue weighted by Crippen LogP contribution is -2.18. The number of thiophene rings is 1. The molecule has 0 unspecified atom stereocenters. The number of benzene rings is 1. The van der Waals surface area contributed by atoms with E-state index in [2.05, 4.69) is 5.10 Å². The lowest BCUT2D eigenvalue weighted by atomic mass is 10.1. The van der Waals surface area contributed by atoms with E-state index in [9.17, 15) is 22.8 Å². The highest BCUT2D eigenvalue weighted by Crippen LogP contribution is 2.35. The molecule has 0 aliphatic carbocycles.